The maximum Gasteiger partial charge on any atom is 0.312 e. The highest BCUT2D eigenvalue weighted by molar-refractivity contribution is 5.73. The van der Waals surface area contributed by atoms with E-state index in [1.165, 1.54) is 0 Å². The molecule has 0 bridgehead atoms. The Morgan fingerprint density at radius 1 is 1.36 bits per heavy atom. The Kier molecular flexibility index (Phi) is 6.49. The first-order chi connectivity index (χ1) is 6.47. The molecule has 0 amide bonds. The predicted molar refractivity (Wildman–Crippen MR) is 54.9 cm³/mol. The van der Waals surface area contributed by atoms with E-state index in [1.54, 1.807) is 13.8 Å². The van der Waals surface area contributed by atoms with Crippen molar-refractivity contribution >= 4 is 5.97 Å². The fourth-order valence-electron chi connectivity index (χ4n) is 0.929. The van der Waals surface area contributed by atoms with Crippen molar-refractivity contribution in [3.05, 3.63) is 0 Å². The molecule has 0 fully saturated rings. The molecule has 0 saturated heterocycles. The molecule has 14 heavy (non-hydrogen) atoms. The van der Waals surface area contributed by atoms with Crippen molar-refractivity contribution in [1.29, 1.82) is 0 Å². The van der Waals surface area contributed by atoms with Crippen LogP contribution < -0.4 is 5.32 Å². The second-order valence-electron chi connectivity index (χ2n) is 3.93. The smallest absolute Gasteiger partial charge is 0.312 e. The second kappa shape index (κ2) is 6.79. The molecule has 0 aliphatic heterocycles. The quantitative estimate of drug-likeness (QED) is 0.619. The SMILES string of the molecule is CC(C)NC[C@H](CO)C(=O)OC(C)C. The third kappa shape index (κ3) is 5.94. The van der Waals surface area contributed by atoms with Crippen molar-refractivity contribution in [2.45, 2.75) is 39.8 Å². The molecular formula is C10H21NO3. The second-order valence-corrected chi connectivity index (χ2v) is 3.93. The lowest BCUT2D eigenvalue weighted by atomic mass is 10.1. The van der Waals surface area contributed by atoms with Gasteiger partial charge in [0.15, 0.2) is 0 Å². The molecule has 4 nitrogen and oxygen atoms in total. The number of aliphatic hydroxyl groups is 1. The topological polar surface area (TPSA) is 58.6 Å². The summed E-state index contributed by atoms with van der Waals surface area (Å²) in [6.45, 7) is 7.85. The van der Waals surface area contributed by atoms with Crippen LogP contribution in [0, 0.1) is 5.92 Å². The van der Waals surface area contributed by atoms with E-state index in [4.69, 9.17) is 9.84 Å². The predicted octanol–water partition coefficient (Wildman–Crippen LogP) is 0.544. The van der Waals surface area contributed by atoms with E-state index in [-0.39, 0.29) is 18.7 Å². The number of aliphatic hydroxyl groups excluding tert-OH is 1. The molecule has 0 radical (unpaired) electrons. The molecule has 4 heteroatoms. The molecule has 2 N–H and O–H groups in total. The summed E-state index contributed by atoms with van der Waals surface area (Å²) in [7, 11) is 0. The third-order valence-electron chi connectivity index (χ3n) is 1.68. The molecular weight excluding hydrogens is 182 g/mol. The number of rotatable bonds is 6. The van der Waals surface area contributed by atoms with Gasteiger partial charge < -0.3 is 15.2 Å². The van der Waals surface area contributed by atoms with Crippen molar-refractivity contribution in [3.8, 4) is 0 Å². The van der Waals surface area contributed by atoms with E-state index in [0.717, 1.165) is 0 Å². The van der Waals surface area contributed by atoms with Gasteiger partial charge in [0, 0.05) is 12.6 Å². The summed E-state index contributed by atoms with van der Waals surface area (Å²) in [5, 5.41) is 12.1. The van der Waals surface area contributed by atoms with Crippen molar-refractivity contribution in [2.75, 3.05) is 13.2 Å². The number of hydrogen-bond acceptors (Lipinski definition) is 4. The average molecular weight is 203 g/mol. The van der Waals surface area contributed by atoms with Crippen LogP contribution in [0.5, 0.6) is 0 Å². The highest BCUT2D eigenvalue weighted by Gasteiger charge is 2.19. The van der Waals surface area contributed by atoms with E-state index < -0.39 is 5.92 Å². The third-order valence-corrected chi connectivity index (χ3v) is 1.68. The Morgan fingerprint density at radius 3 is 2.29 bits per heavy atom. The van der Waals surface area contributed by atoms with Crippen molar-refractivity contribution in [3.63, 3.8) is 0 Å². The molecule has 0 aromatic rings. The Bertz CT molecular complexity index is 169. The summed E-state index contributed by atoms with van der Waals surface area (Å²) in [6, 6.07) is 0.302. The normalized spacial score (nSPS) is 13.4. The lowest BCUT2D eigenvalue weighted by molar-refractivity contribution is -0.153. The number of carbonyl (C=O) groups is 1. The van der Waals surface area contributed by atoms with Crippen LogP contribution in [-0.2, 0) is 9.53 Å². The zero-order valence-electron chi connectivity index (χ0n) is 9.41. The van der Waals surface area contributed by atoms with Crippen LogP contribution in [-0.4, -0.2) is 36.4 Å². The maximum absolute atomic E-state index is 11.4. The summed E-state index contributed by atoms with van der Waals surface area (Å²) < 4.78 is 5.00. The van der Waals surface area contributed by atoms with Gasteiger partial charge in [-0.05, 0) is 13.8 Å². The minimum atomic E-state index is -0.459. The van der Waals surface area contributed by atoms with Gasteiger partial charge in [0.25, 0.3) is 0 Å². The zero-order valence-corrected chi connectivity index (χ0v) is 9.41. The Hall–Kier alpha value is -0.610. The van der Waals surface area contributed by atoms with Gasteiger partial charge in [-0.15, -0.1) is 0 Å². The van der Waals surface area contributed by atoms with E-state index in [9.17, 15) is 4.79 Å². The molecule has 0 heterocycles. The molecule has 84 valence electrons. The van der Waals surface area contributed by atoms with Gasteiger partial charge in [-0.1, -0.05) is 13.8 Å². The van der Waals surface area contributed by atoms with Crippen LogP contribution in [0.25, 0.3) is 0 Å². The van der Waals surface area contributed by atoms with E-state index in [2.05, 4.69) is 5.32 Å². The van der Waals surface area contributed by atoms with Crippen LogP contribution in [0.1, 0.15) is 27.7 Å². The van der Waals surface area contributed by atoms with Crippen LogP contribution in [0.4, 0.5) is 0 Å². The fourth-order valence-corrected chi connectivity index (χ4v) is 0.929. The minimum Gasteiger partial charge on any atom is -0.463 e. The van der Waals surface area contributed by atoms with E-state index in [1.807, 2.05) is 13.8 Å². The standard InChI is InChI=1S/C10H21NO3/c1-7(2)11-5-9(6-12)10(13)14-8(3)4/h7-9,11-12H,5-6H2,1-4H3/t9-/m1/s1. The van der Waals surface area contributed by atoms with Crippen LogP contribution in [0.2, 0.25) is 0 Å². The van der Waals surface area contributed by atoms with Gasteiger partial charge in [-0.3, -0.25) is 4.79 Å². The van der Waals surface area contributed by atoms with Crippen molar-refractivity contribution < 1.29 is 14.6 Å². The molecule has 0 aliphatic rings. The fraction of sp³-hybridized carbons (Fsp3) is 0.900. The molecule has 0 aromatic carbocycles. The molecule has 0 aliphatic carbocycles. The Balaban J connectivity index is 3.93. The first-order valence-corrected chi connectivity index (χ1v) is 5.02. The van der Waals surface area contributed by atoms with Crippen LogP contribution in [0.3, 0.4) is 0 Å². The number of carbonyl (C=O) groups excluding carboxylic acids is 1. The minimum absolute atomic E-state index is 0.129. The average Bonchev–Trinajstić information content (AvgIpc) is 2.03. The number of esters is 1. The summed E-state index contributed by atoms with van der Waals surface area (Å²) in [5.41, 5.74) is 0. The summed E-state index contributed by atoms with van der Waals surface area (Å²) in [6.07, 6.45) is -0.129. The highest BCUT2D eigenvalue weighted by Crippen LogP contribution is 2.01. The Morgan fingerprint density at radius 2 is 1.93 bits per heavy atom. The summed E-state index contributed by atoms with van der Waals surface area (Å²) >= 11 is 0. The largest absolute Gasteiger partial charge is 0.463 e. The van der Waals surface area contributed by atoms with Crippen LogP contribution in [0.15, 0.2) is 0 Å². The van der Waals surface area contributed by atoms with Gasteiger partial charge >= 0.3 is 5.97 Å². The van der Waals surface area contributed by atoms with E-state index in [0.29, 0.717) is 12.6 Å². The lowest BCUT2D eigenvalue weighted by Crippen LogP contribution is -2.36. The molecule has 0 saturated carbocycles. The van der Waals surface area contributed by atoms with Gasteiger partial charge in [0.1, 0.15) is 0 Å². The summed E-state index contributed by atoms with van der Waals surface area (Å²) in [4.78, 5) is 11.4. The first-order valence-electron chi connectivity index (χ1n) is 5.02. The van der Waals surface area contributed by atoms with Gasteiger partial charge in [0.05, 0.1) is 18.6 Å². The highest BCUT2D eigenvalue weighted by atomic mass is 16.5. The monoisotopic (exact) mass is 203 g/mol. The van der Waals surface area contributed by atoms with Crippen LogP contribution >= 0.6 is 0 Å². The molecule has 0 unspecified atom stereocenters. The van der Waals surface area contributed by atoms with Crippen molar-refractivity contribution in [1.82, 2.24) is 5.32 Å². The first kappa shape index (κ1) is 13.4. The van der Waals surface area contributed by atoms with Gasteiger partial charge in [0.2, 0.25) is 0 Å². The molecule has 0 aromatic heterocycles. The number of ether oxygens (including phenoxy) is 1. The van der Waals surface area contributed by atoms with Crippen molar-refractivity contribution in [2.24, 2.45) is 5.92 Å². The number of nitrogens with one attached hydrogen (secondary N) is 1. The number of hydrogen-bond donors (Lipinski definition) is 2. The van der Waals surface area contributed by atoms with E-state index >= 15 is 0 Å². The molecule has 0 rings (SSSR count). The molecule has 0 spiro atoms. The Labute approximate surface area is 85.6 Å². The van der Waals surface area contributed by atoms with Gasteiger partial charge in [-0.2, -0.15) is 0 Å². The maximum atomic E-state index is 11.4. The summed E-state index contributed by atoms with van der Waals surface area (Å²) in [5.74, 6) is -0.796. The zero-order chi connectivity index (χ0) is 11.1. The molecule has 1 atom stereocenters. The lowest BCUT2D eigenvalue weighted by Gasteiger charge is -2.17. The van der Waals surface area contributed by atoms with Gasteiger partial charge in [-0.25, -0.2) is 0 Å².